The SMILES string of the molecule is COc1ccc(CCOC(=O)c2ccc(OC)c([N+](=O)[O-])c2)cc1. The van der Waals surface area contributed by atoms with Crippen LogP contribution in [0.3, 0.4) is 0 Å². The Hall–Kier alpha value is -3.09. The van der Waals surface area contributed by atoms with Crippen LogP contribution in [0.5, 0.6) is 11.5 Å². The smallest absolute Gasteiger partial charge is 0.338 e. The number of nitrogens with zero attached hydrogens (tertiary/aromatic N) is 1. The zero-order valence-electron chi connectivity index (χ0n) is 13.4. The first kappa shape index (κ1) is 17.3. The average Bonchev–Trinajstić information content (AvgIpc) is 2.61. The summed E-state index contributed by atoms with van der Waals surface area (Å²) in [6.07, 6.45) is 0.536. The number of rotatable bonds is 7. The number of methoxy groups -OCH3 is 2. The van der Waals surface area contributed by atoms with Gasteiger partial charge in [0, 0.05) is 12.5 Å². The quantitative estimate of drug-likeness (QED) is 0.440. The van der Waals surface area contributed by atoms with Gasteiger partial charge >= 0.3 is 11.7 Å². The molecule has 7 nitrogen and oxygen atoms in total. The lowest BCUT2D eigenvalue weighted by Crippen LogP contribution is -2.09. The normalized spacial score (nSPS) is 10.1. The van der Waals surface area contributed by atoms with Crippen LogP contribution in [-0.4, -0.2) is 31.7 Å². The van der Waals surface area contributed by atoms with Gasteiger partial charge < -0.3 is 14.2 Å². The molecule has 7 heteroatoms. The number of carbonyl (C=O) groups is 1. The molecule has 0 radical (unpaired) electrons. The molecule has 0 heterocycles. The number of hydrogen-bond acceptors (Lipinski definition) is 6. The first-order valence-corrected chi connectivity index (χ1v) is 7.17. The Kier molecular flexibility index (Phi) is 5.73. The summed E-state index contributed by atoms with van der Waals surface area (Å²) in [5.41, 5.74) is 0.823. The van der Waals surface area contributed by atoms with Crippen LogP contribution in [0, 0.1) is 10.1 Å². The molecular weight excluding hydrogens is 314 g/mol. The molecule has 2 aromatic rings. The highest BCUT2D eigenvalue weighted by Crippen LogP contribution is 2.27. The summed E-state index contributed by atoms with van der Waals surface area (Å²) in [5.74, 6) is 0.227. The summed E-state index contributed by atoms with van der Waals surface area (Å²) >= 11 is 0. The molecule has 24 heavy (non-hydrogen) atoms. The fourth-order valence-electron chi connectivity index (χ4n) is 2.10. The maximum absolute atomic E-state index is 12.0. The zero-order chi connectivity index (χ0) is 17.5. The minimum Gasteiger partial charge on any atom is -0.497 e. The van der Waals surface area contributed by atoms with Gasteiger partial charge in [-0.1, -0.05) is 12.1 Å². The van der Waals surface area contributed by atoms with Crippen molar-refractivity contribution in [2.24, 2.45) is 0 Å². The van der Waals surface area contributed by atoms with E-state index >= 15 is 0 Å². The predicted octanol–water partition coefficient (Wildman–Crippen LogP) is 3.01. The molecule has 0 bridgehead atoms. The second-order valence-electron chi connectivity index (χ2n) is 4.88. The fraction of sp³-hybridized carbons (Fsp3) is 0.235. The van der Waals surface area contributed by atoms with Crippen molar-refractivity contribution < 1.29 is 23.9 Å². The highest BCUT2D eigenvalue weighted by atomic mass is 16.6. The second-order valence-corrected chi connectivity index (χ2v) is 4.88. The van der Waals surface area contributed by atoms with Crippen LogP contribution in [0.15, 0.2) is 42.5 Å². The van der Waals surface area contributed by atoms with Crippen LogP contribution >= 0.6 is 0 Å². The van der Waals surface area contributed by atoms with Crippen LogP contribution in [0.2, 0.25) is 0 Å². The molecule has 0 saturated heterocycles. The van der Waals surface area contributed by atoms with Crippen LogP contribution in [0.1, 0.15) is 15.9 Å². The minimum atomic E-state index is -0.616. The third-order valence-electron chi connectivity index (χ3n) is 3.39. The lowest BCUT2D eigenvalue weighted by Gasteiger charge is -2.07. The van der Waals surface area contributed by atoms with E-state index in [-0.39, 0.29) is 23.6 Å². The minimum absolute atomic E-state index is 0.0924. The van der Waals surface area contributed by atoms with Gasteiger partial charge in [-0.05, 0) is 29.8 Å². The molecule has 126 valence electrons. The van der Waals surface area contributed by atoms with Crippen LogP contribution in [0.4, 0.5) is 5.69 Å². The van der Waals surface area contributed by atoms with E-state index in [1.807, 2.05) is 24.3 Å². The summed E-state index contributed by atoms with van der Waals surface area (Å²) in [6.45, 7) is 0.172. The Morgan fingerprint density at radius 1 is 1.08 bits per heavy atom. The van der Waals surface area contributed by atoms with Crippen LogP contribution in [-0.2, 0) is 11.2 Å². The predicted molar refractivity (Wildman–Crippen MR) is 86.6 cm³/mol. The van der Waals surface area contributed by atoms with E-state index in [0.717, 1.165) is 17.4 Å². The average molecular weight is 331 g/mol. The van der Waals surface area contributed by atoms with Crippen molar-refractivity contribution in [1.29, 1.82) is 0 Å². The van der Waals surface area contributed by atoms with E-state index in [0.29, 0.717) is 6.42 Å². The van der Waals surface area contributed by atoms with Crippen molar-refractivity contribution in [3.63, 3.8) is 0 Å². The van der Waals surface area contributed by atoms with Gasteiger partial charge in [0.15, 0.2) is 5.75 Å². The van der Waals surface area contributed by atoms with E-state index in [9.17, 15) is 14.9 Å². The summed E-state index contributed by atoms with van der Waals surface area (Å²) in [4.78, 5) is 22.4. The summed E-state index contributed by atoms with van der Waals surface area (Å²) in [6, 6.07) is 11.4. The molecule has 0 aromatic heterocycles. The van der Waals surface area contributed by atoms with E-state index in [4.69, 9.17) is 14.2 Å². The highest BCUT2D eigenvalue weighted by Gasteiger charge is 2.18. The third-order valence-corrected chi connectivity index (χ3v) is 3.39. The topological polar surface area (TPSA) is 87.9 Å². The van der Waals surface area contributed by atoms with Crippen molar-refractivity contribution in [2.75, 3.05) is 20.8 Å². The zero-order valence-corrected chi connectivity index (χ0v) is 13.4. The molecule has 0 N–H and O–H groups in total. The Bertz CT molecular complexity index is 726. The van der Waals surface area contributed by atoms with Gasteiger partial charge in [-0.15, -0.1) is 0 Å². The van der Waals surface area contributed by atoms with Crippen molar-refractivity contribution in [2.45, 2.75) is 6.42 Å². The van der Waals surface area contributed by atoms with Crippen LogP contribution < -0.4 is 9.47 Å². The van der Waals surface area contributed by atoms with E-state index in [2.05, 4.69) is 0 Å². The Morgan fingerprint density at radius 3 is 2.38 bits per heavy atom. The molecule has 2 rings (SSSR count). The van der Waals surface area contributed by atoms with Gasteiger partial charge in [-0.25, -0.2) is 4.79 Å². The molecular formula is C17H17NO6. The van der Waals surface area contributed by atoms with Gasteiger partial charge in [0.05, 0.1) is 31.3 Å². The third kappa shape index (κ3) is 4.22. The van der Waals surface area contributed by atoms with E-state index in [1.54, 1.807) is 7.11 Å². The standard InChI is InChI=1S/C17H17NO6/c1-22-14-6-3-12(4-7-14)9-10-24-17(19)13-5-8-16(23-2)15(11-13)18(20)21/h3-8,11H,9-10H2,1-2H3. The van der Waals surface area contributed by atoms with Gasteiger partial charge in [-0.2, -0.15) is 0 Å². The van der Waals surface area contributed by atoms with Crippen molar-refractivity contribution >= 4 is 11.7 Å². The number of carbonyl (C=O) groups excluding carboxylic acids is 1. The second kappa shape index (κ2) is 7.96. The molecule has 0 aliphatic rings. The Labute approximate surface area is 138 Å². The molecule has 0 atom stereocenters. The molecule has 0 fully saturated rings. The van der Waals surface area contributed by atoms with Crippen molar-refractivity contribution in [3.8, 4) is 11.5 Å². The first-order valence-electron chi connectivity index (χ1n) is 7.17. The summed E-state index contributed by atoms with van der Waals surface area (Å²) in [7, 11) is 2.92. The number of benzene rings is 2. The van der Waals surface area contributed by atoms with Gasteiger partial charge in [0.2, 0.25) is 0 Å². The first-order chi connectivity index (χ1) is 11.5. The molecule has 0 aliphatic carbocycles. The number of hydrogen-bond donors (Lipinski definition) is 0. The summed E-state index contributed by atoms with van der Waals surface area (Å²) in [5, 5.41) is 11.0. The monoisotopic (exact) mass is 331 g/mol. The molecule has 0 spiro atoms. The van der Waals surface area contributed by atoms with Crippen LogP contribution in [0.25, 0.3) is 0 Å². The van der Waals surface area contributed by atoms with Crippen molar-refractivity contribution in [1.82, 2.24) is 0 Å². The largest absolute Gasteiger partial charge is 0.497 e. The van der Waals surface area contributed by atoms with E-state index in [1.165, 1.54) is 19.2 Å². The molecule has 0 aliphatic heterocycles. The highest BCUT2D eigenvalue weighted by molar-refractivity contribution is 5.90. The van der Waals surface area contributed by atoms with E-state index < -0.39 is 10.9 Å². The molecule has 0 saturated carbocycles. The lowest BCUT2D eigenvalue weighted by molar-refractivity contribution is -0.385. The number of esters is 1. The summed E-state index contributed by atoms with van der Waals surface area (Å²) < 4.78 is 15.1. The van der Waals surface area contributed by atoms with Crippen molar-refractivity contribution in [3.05, 3.63) is 63.7 Å². The number of nitro groups is 1. The maximum Gasteiger partial charge on any atom is 0.338 e. The number of ether oxygens (including phenoxy) is 3. The fourth-order valence-corrected chi connectivity index (χ4v) is 2.10. The van der Waals surface area contributed by atoms with Gasteiger partial charge in [0.25, 0.3) is 0 Å². The van der Waals surface area contributed by atoms with Gasteiger partial charge in [-0.3, -0.25) is 10.1 Å². The molecule has 0 unspecified atom stereocenters. The Balaban J connectivity index is 1.96. The number of nitro benzene ring substituents is 1. The molecule has 2 aromatic carbocycles. The van der Waals surface area contributed by atoms with Gasteiger partial charge in [0.1, 0.15) is 5.75 Å². The molecule has 0 amide bonds. The Morgan fingerprint density at radius 2 is 1.79 bits per heavy atom. The maximum atomic E-state index is 12.0. The lowest BCUT2D eigenvalue weighted by atomic mass is 10.1.